The summed E-state index contributed by atoms with van der Waals surface area (Å²) < 4.78 is 28.2. The molecule has 0 bridgehead atoms. The summed E-state index contributed by atoms with van der Waals surface area (Å²) in [7, 11) is -3.55. The molecule has 0 aliphatic heterocycles. The van der Waals surface area contributed by atoms with E-state index < -0.39 is 10.0 Å². The van der Waals surface area contributed by atoms with Gasteiger partial charge in [0.05, 0.1) is 5.69 Å². The van der Waals surface area contributed by atoms with Crippen LogP contribution in [0.3, 0.4) is 0 Å². The Balaban J connectivity index is 2.28. The van der Waals surface area contributed by atoms with Gasteiger partial charge in [0.1, 0.15) is 4.90 Å². The van der Waals surface area contributed by atoms with Gasteiger partial charge < -0.3 is 5.73 Å². The van der Waals surface area contributed by atoms with Crippen molar-refractivity contribution in [2.24, 2.45) is 5.92 Å². The first-order valence-corrected chi connectivity index (χ1v) is 9.22. The summed E-state index contributed by atoms with van der Waals surface area (Å²) in [6.07, 6.45) is 5.32. The number of nitrogens with two attached hydrogens (primary N) is 1. The third-order valence-electron chi connectivity index (χ3n) is 4.66. The zero-order chi connectivity index (χ0) is 15.6. The predicted molar refractivity (Wildman–Crippen MR) is 86.7 cm³/mol. The first-order chi connectivity index (χ1) is 9.85. The van der Waals surface area contributed by atoms with E-state index in [2.05, 4.69) is 11.6 Å². The second-order valence-corrected chi connectivity index (χ2v) is 7.84. The smallest absolute Gasteiger partial charge is 0.242 e. The lowest BCUT2D eigenvalue weighted by molar-refractivity contribution is 0.282. The van der Waals surface area contributed by atoms with Crippen LogP contribution in [0.2, 0.25) is 0 Å². The summed E-state index contributed by atoms with van der Waals surface area (Å²) in [5.74, 6) is 0.432. The van der Waals surface area contributed by atoms with E-state index in [0.29, 0.717) is 11.6 Å². The Kier molecular flexibility index (Phi) is 4.94. The van der Waals surface area contributed by atoms with Crippen LogP contribution in [-0.2, 0) is 10.0 Å². The summed E-state index contributed by atoms with van der Waals surface area (Å²) in [5.41, 5.74) is 8.21. The number of hydrogen-bond donors (Lipinski definition) is 2. The lowest BCUT2D eigenvalue weighted by Crippen LogP contribution is -2.42. The van der Waals surface area contributed by atoms with E-state index in [1.807, 2.05) is 13.8 Å². The van der Waals surface area contributed by atoms with E-state index in [1.54, 1.807) is 12.1 Å². The van der Waals surface area contributed by atoms with Gasteiger partial charge in [-0.25, -0.2) is 13.1 Å². The third-order valence-corrected chi connectivity index (χ3v) is 6.20. The van der Waals surface area contributed by atoms with Crippen LogP contribution in [0, 0.1) is 19.8 Å². The largest absolute Gasteiger partial charge is 0.398 e. The molecule has 4 nitrogen and oxygen atoms in total. The highest BCUT2D eigenvalue weighted by Crippen LogP contribution is 2.29. The number of nitrogens with one attached hydrogen (secondary N) is 1. The van der Waals surface area contributed by atoms with Crippen LogP contribution in [0.15, 0.2) is 17.0 Å². The summed E-state index contributed by atoms with van der Waals surface area (Å²) in [6.45, 7) is 5.97. The van der Waals surface area contributed by atoms with Gasteiger partial charge in [0.25, 0.3) is 0 Å². The molecular formula is C16H26N2O2S. The summed E-state index contributed by atoms with van der Waals surface area (Å²) in [4.78, 5) is 0.214. The van der Waals surface area contributed by atoms with Crippen LogP contribution in [0.1, 0.15) is 50.2 Å². The highest BCUT2D eigenvalue weighted by molar-refractivity contribution is 7.89. The Bertz CT molecular complexity index is 611. The fraction of sp³-hybridized carbons (Fsp3) is 0.625. The van der Waals surface area contributed by atoms with Gasteiger partial charge in [-0.05, 0) is 55.9 Å². The molecule has 1 aromatic rings. The Morgan fingerprint density at radius 2 is 1.81 bits per heavy atom. The molecule has 2 rings (SSSR count). The Labute approximate surface area is 128 Å². The Morgan fingerprint density at radius 1 is 1.19 bits per heavy atom. The number of benzene rings is 1. The molecule has 1 saturated carbocycles. The van der Waals surface area contributed by atoms with Crippen molar-refractivity contribution in [1.82, 2.24) is 4.72 Å². The SMILES string of the molecule is CCC1CCCCC1NS(=O)(=O)c1cc(C)c(C)cc1N. The lowest BCUT2D eigenvalue weighted by atomic mass is 9.83. The second kappa shape index (κ2) is 6.36. The molecule has 1 aliphatic carbocycles. The normalized spacial score (nSPS) is 23.2. The number of anilines is 1. The van der Waals surface area contributed by atoms with Gasteiger partial charge in [-0.15, -0.1) is 0 Å². The maximum absolute atomic E-state index is 12.7. The number of rotatable bonds is 4. The van der Waals surface area contributed by atoms with Crippen molar-refractivity contribution in [3.63, 3.8) is 0 Å². The molecular weight excluding hydrogens is 284 g/mol. The van der Waals surface area contributed by atoms with Gasteiger partial charge in [0.2, 0.25) is 10.0 Å². The van der Waals surface area contributed by atoms with Gasteiger partial charge in [-0.2, -0.15) is 0 Å². The predicted octanol–water partition coefficient (Wildman–Crippen LogP) is 3.13. The van der Waals surface area contributed by atoms with Crippen molar-refractivity contribution in [3.8, 4) is 0 Å². The molecule has 0 radical (unpaired) electrons. The summed E-state index contributed by atoms with van der Waals surface area (Å²) >= 11 is 0. The van der Waals surface area contributed by atoms with E-state index in [-0.39, 0.29) is 10.9 Å². The minimum absolute atomic E-state index is 0.0368. The monoisotopic (exact) mass is 310 g/mol. The fourth-order valence-corrected chi connectivity index (χ4v) is 4.70. The van der Waals surface area contributed by atoms with Gasteiger partial charge >= 0.3 is 0 Å². The van der Waals surface area contributed by atoms with Gasteiger partial charge in [0.15, 0.2) is 0 Å². The average molecular weight is 310 g/mol. The number of aryl methyl sites for hydroxylation is 2. The fourth-order valence-electron chi connectivity index (χ4n) is 3.16. The number of nitrogen functional groups attached to an aromatic ring is 1. The van der Waals surface area contributed by atoms with E-state index in [4.69, 9.17) is 5.73 Å². The minimum Gasteiger partial charge on any atom is -0.398 e. The van der Waals surface area contributed by atoms with Crippen molar-refractivity contribution in [2.75, 3.05) is 5.73 Å². The lowest BCUT2D eigenvalue weighted by Gasteiger charge is -2.31. The van der Waals surface area contributed by atoms with Crippen LogP contribution in [0.4, 0.5) is 5.69 Å². The average Bonchev–Trinajstić information content (AvgIpc) is 2.43. The van der Waals surface area contributed by atoms with Crippen molar-refractivity contribution in [3.05, 3.63) is 23.3 Å². The van der Waals surface area contributed by atoms with Gasteiger partial charge in [0, 0.05) is 6.04 Å². The van der Waals surface area contributed by atoms with E-state index >= 15 is 0 Å². The third kappa shape index (κ3) is 3.58. The molecule has 1 aromatic carbocycles. The van der Waals surface area contributed by atoms with E-state index in [1.165, 1.54) is 6.42 Å². The molecule has 5 heteroatoms. The van der Waals surface area contributed by atoms with Gasteiger partial charge in [-0.1, -0.05) is 26.2 Å². The molecule has 2 atom stereocenters. The summed E-state index contributed by atoms with van der Waals surface area (Å²) in [6, 6.07) is 3.45. The second-order valence-electron chi connectivity index (χ2n) is 6.15. The molecule has 0 heterocycles. The van der Waals surface area contributed by atoms with Crippen LogP contribution < -0.4 is 10.5 Å². The first kappa shape index (κ1) is 16.3. The molecule has 0 amide bonds. The molecule has 1 fully saturated rings. The zero-order valence-electron chi connectivity index (χ0n) is 13.1. The molecule has 3 N–H and O–H groups in total. The van der Waals surface area contributed by atoms with E-state index in [0.717, 1.165) is 36.8 Å². The van der Waals surface area contributed by atoms with Crippen molar-refractivity contribution in [2.45, 2.75) is 63.8 Å². The quantitative estimate of drug-likeness (QED) is 0.839. The van der Waals surface area contributed by atoms with Crippen molar-refractivity contribution >= 4 is 15.7 Å². The standard InChI is InChI=1S/C16H26N2O2S/c1-4-13-7-5-6-8-15(13)18-21(19,20)16-10-12(3)11(2)9-14(16)17/h9-10,13,15,18H,4-8,17H2,1-3H3. The molecule has 21 heavy (non-hydrogen) atoms. The number of sulfonamides is 1. The Hall–Kier alpha value is -1.07. The van der Waals surface area contributed by atoms with Gasteiger partial charge in [-0.3, -0.25) is 0 Å². The maximum Gasteiger partial charge on any atom is 0.242 e. The van der Waals surface area contributed by atoms with Crippen LogP contribution >= 0.6 is 0 Å². The minimum atomic E-state index is -3.55. The molecule has 0 spiro atoms. The van der Waals surface area contributed by atoms with Crippen molar-refractivity contribution in [1.29, 1.82) is 0 Å². The van der Waals surface area contributed by atoms with Crippen molar-refractivity contribution < 1.29 is 8.42 Å². The topological polar surface area (TPSA) is 72.2 Å². The molecule has 2 unspecified atom stereocenters. The Morgan fingerprint density at radius 3 is 2.48 bits per heavy atom. The summed E-state index contributed by atoms with van der Waals surface area (Å²) in [5, 5.41) is 0. The van der Waals surface area contributed by atoms with E-state index in [9.17, 15) is 8.42 Å². The van der Waals surface area contributed by atoms with Crippen LogP contribution in [0.5, 0.6) is 0 Å². The molecule has 118 valence electrons. The zero-order valence-corrected chi connectivity index (χ0v) is 14.0. The first-order valence-electron chi connectivity index (χ1n) is 7.74. The van der Waals surface area contributed by atoms with Crippen LogP contribution in [-0.4, -0.2) is 14.5 Å². The molecule has 0 aromatic heterocycles. The number of hydrogen-bond acceptors (Lipinski definition) is 3. The molecule has 1 aliphatic rings. The highest BCUT2D eigenvalue weighted by atomic mass is 32.2. The highest BCUT2D eigenvalue weighted by Gasteiger charge is 2.29. The van der Waals surface area contributed by atoms with Crippen LogP contribution in [0.25, 0.3) is 0 Å². The maximum atomic E-state index is 12.7. The molecule has 0 saturated heterocycles.